The maximum absolute atomic E-state index is 12.6. The number of alkyl halides is 2. The van der Waals surface area contributed by atoms with Gasteiger partial charge in [0, 0.05) is 11.8 Å². The normalized spacial score (nSPS) is 59.2. The zero-order valence-electron chi connectivity index (χ0n) is 13.1. The summed E-state index contributed by atoms with van der Waals surface area (Å²) in [5.74, 6) is -0.169. The van der Waals surface area contributed by atoms with E-state index in [-0.39, 0.29) is 24.2 Å². The molecule has 4 aliphatic rings. The van der Waals surface area contributed by atoms with Crippen LogP contribution in [0.25, 0.3) is 0 Å². The van der Waals surface area contributed by atoms with Crippen molar-refractivity contribution < 1.29 is 19.0 Å². The second-order valence-corrected chi connectivity index (χ2v) is 8.98. The smallest absolute Gasteiger partial charge is 0.327 e. The Hall–Kier alpha value is -0.0300. The Balaban J connectivity index is 1.76. The van der Waals surface area contributed by atoms with Crippen LogP contribution in [0.4, 0.5) is 0 Å². The molecular formula is C16H22Cl2O4. The van der Waals surface area contributed by atoms with Crippen molar-refractivity contribution in [3.05, 3.63) is 0 Å². The van der Waals surface area contributed by atoms with E-state index in [9.17, 15) is 4.79 Å². The molecule has 2 saturated heterocycles. The van der Waals surface area contributed by atoms with Crippen LogP contribution >= 0.6 is 23.2 Å². The maximum atomic E-state index is 12.6. The number of halogens is 2. The van der Waals surface area contributed by atoms with Gasteiger partial charge in [0.05, 0.1) is 36.4 Å². The van der Waals surface area contributed by atoms with E-state index in [2.05, 4.69) is 6.92 Å². The first-order valence-electron chi connectivity index (χ1n) is 8.02. The Morgan fingerprint density at radius 2 is 1.68 bits per heavy atom. The lowest BCUT2D eigenvalue weighted by Gasteiger charge is -2.56. The van der Waals surface area contributed by atoms with Crippen molar-refractivity contribution >= 4 is 29.2 Å². The quantitative estimate of drug-likeness (QED) is 0.437. The molecule has 4 fully saturated rings. The second-order valence-electron chi connectivity index (χ2n) is 7.66. The van der Waals surface area contributed by atoms with Crippen molar-refractivity contribution in [2.24, 2.45) is 11.3 Å². The molecule has 8 atom stereocenters. The fourth-order valence-corrected chi connectivity index (χ4v) is 5.94. The van der Waals surface area contributed by atoms with Gasteiger partial charge >= 0.3 is 5.97 Å². The van der Waals surface area contributed by atoms with Crippen LogP contribution in [0.1, 0.15) is 39.5 Å². The van der Waals surface area contributed by atoms with Crippen LogP contribution in [0.2, 0.25) is 0 Å². The van der Waals surface area contributed by atoms with Gasteiger partial charge < -0.3 is 14.2 Å². The van der Waals surface area contributed by atoms with Crippen molar-refractivity contribution in [2.45, 2.75) is 73.7 Å². The van der Waals surface area contributed by atoms with Crippen LogP contribution < -0.4 is 0 Å². The van der Waals surface area contributed by atoms with Gasteiger partial charge in [-0.2, -0.15) is 0 Å². The number of hydrogen-bond acceptors (Lipinski definition) is 4. The molecule has 2 saturated carbocycles. The minimum Gasteiger partial charge on any atom is -0.468 e. The Labute approximate surface area is 140 Å². The summed E-state index contributed by atoms with van der Waals surface area (Å²) in [5.41, 5.74) is -0.593. The van der Waals surface area contributed by atoms with Gasteiger partial charge in [0.2, 0.25) is 0 Å². The standard InChI is InChI=1S/C16H22Cl2O4/c1-8-4-9-11(21-9)6-15(8,17)14(2)5-10-12(22-10)7-16(14,18)13(19)20-3/h8-12H,4-7H2,1-3H3. The number of hydrogen-bond donors (Lipinski definition) is 0. The molecule has 22 heavy (non-hydrogen) atoms. The monoisotopic (exact) mass is 348 g/mol. The van der Waals surface area contributed by atoms with E-state index >= 15 is 0 Å². The van der Waals surface area contributed by atoms with Gasteiger partial charge in [-0.25, -0.2) is 0 Å². The fraction of sp³-hybridized carbons (Fsp3) is 0.938. The third kappa shape index (κ3) is 1.81. The summed E-state index contributed by atoms with van der Waals surface area (Å²) in [6.45, 7) is 4.19. The zero-order valence-corrected chi connectivity index (χ0v) is 14.6. The molecule has 2 aliphatic carbocycles. The molecule has 0 aromatic rings. The van der Waals surface area contributed by atoms with Gasteiger partial charge in [0.1, 0.15) is 0 Å². The van der Waals surface area contributed by atoms with E-state index in [0.29, 0.717) is 18.9 Å². The van der Waals surface area contributed by atoms with Crippen molar-refractivity contribution in [1.29, 1.82) is 0 Å². The average Bonchev–Trinajstić information content (AvgIpc) is 3.36. The number of esters is 1. The summed E-state index contributed by atoms with van der Waals surface area (Å²) >= 11 is 14.1. The number of fused-ring (bicyclic) bond motifs is 2. The highest BCUT2D eigenvalue weighted by molar-refractivity contribution is 6.36. The molecule has 0 aromatic carbocycles. The first-order chi connectivity index (χ1) is 10.2. The first-order valence-corrected chi connectivity index (χ1v) is 8.78. The SMILES string of the molecule is COC(=O)C1(Cl)CC2OC2CC1(C)C1(Cl)CC2OC2CC1C. The predicted molar refractivity (Wildman–Crippen MR) is 82.2 cm³/mol. The number of carbonyl (C=O) groups excluding carboxylic acids is 1. The summed E-state index contributed by atoms with van der Waals surface area (Å²) < 4.78 is 16.4. The molecule has 0 spiro atoms. The van der Waals surface area contributed by atoms with Gasteiger partial charge in [-0.1, -0.05) is 13.8 Å². The van der Waals surface area contributed by atoms with E-state index in [4.69, 9.17) is 37.4 Å². The lowest BCUT2D eigenvalue weighted by molar-refractivity contribution is -0.151. The summed E-state index contributed by atoms with van der Waals surface area (Å²) in [5, 5.41) is 0. The lowest BCUT2D eigenvalue weighted by Crippen LogP contribution is -2.65. The first kappa shape index (κ1) is 15.5. The van der Waals surface area contributed by atoms with E-state index in [1.807, 2.05) is 6.92 Å². The summed E-state index contributed by atoms with van der Waals surface area (Å²) in [6.07, 6.45) is 3.60. The Morgan fingerprint density at radius 1 is 1.09 bits per heavy atom. The summed E-state index contributed by atoms with van der Waals surface area (Å²) in [7, 11) is 1.39. The minimum atomic E-state index is -1.14. The molecule has 0 N–H and O–H groups in total. The van der Waals surface area contributed by atoms with Gasteiger partial charge in [-0.15, -0.1) is 23.2 Å². The predicted octanol–water partition coefficient (Wildman–Crippen LogP) is 2.88. The van der Waals surface area contributed by atoms with Crippen molar-refractivity contribution in [1.82, 2.24) is 0 Å². The van der Waals surface area contributed by atoms with Crippen molar-refractivity contribution in [3.63, 3.8) is 0 Å². The van der Waals surface area contributed by atoms with Crippen LogP contribution in [-0.2, 0) is 19.0 Å². The van der Waals surface area contributed by atoms with Crippen molar-refractivity contribution in [3.8, 4) is 0 Å². The van der Waals surface area contributed by atoms with E-state index in [1.54, 1.807) is 0 Å². The molecule has 2 heterocycles. The molecule has 2 aliphatic heterocycles. The van der Waals surface area contributed by atoms with Crippen LogP contribution in [0.15, 0.2) is 0 Å². The zero-order chi connectivity index (χ0) is 15.9. The third-order valence-electron chi connectivity index (χ3n) is 6.63. The van der Waals surface area contributed by atoms with Crippen LogP contribution in [0.3, 0.4) is 0 Å². The van der Waals surface area contributed by atoms with Gasteiger partial charge in [0.25, 0.3) is 0 Å². The van der Waals surface area contributed by atoms with E-state index in [0.717, 1.165) is 12.8 Å². The molecule has 8 unspecified atom stereocenters. The summed E-state index contributed by atoms with van der Waals surface area (Å²) in [6, 6.07) is 0. The van der Waals surface area contributed by atoms with E-state index < -0.39 is 21.1 Å². The highest BCUT2D eigenvalue weighted by Gasteiger charge is 2.73. The topological polar surface area (TPSA) is 51.4 Å². The molecule has 4 nitrogen and oxygen atoms in total. The molecule has 124 valence electrons. The third-order valence-corrected chi connectivity index (χ3v) is 8.30. The average molecular weight is 349 g/mol. The molecule has 0 aromatic heterocycles. The number of carbonyl (C=O) groups is 1. The summed E-state index contributed by atoms with van der Waals surface area (Å²) in [4.78, 5) is 10.8. The number of ether oxygens (including phenoxy) is 3. The minimum absolute atomic E-state index is 0.0637. The van der Waals surface area contributed by atoms with E-state index in [1.165, 1.54) is 7.11 Å². The highest BCUT2D eigenvalue weighted by Crippen LogP contribution is 2.67. The Kier molecular flexibility index (Phi) is 3.19. The number of methoxy groups -OCH3 is 1. The maximum Gasteiger partial charge on any atom is 0.327 e. The van der Waals surface area contributed by atoms with Crippen LogP contribution in [-0.4, -0.2) is 47.2 Å². The van der Waals surface area contributed by atoms with Gasteiger partial charge in [0.15, 0.2) is 4.87 Å². The Bertz CT molecular complexity index is 528. The highest BCUT2D eigenvalue weighted by atomic mass is 35.5. The second kappa shape index (κ2) is 4.53. The van der Waals surface area contributed by atoms with Crippen LogP contribution in [0.5, 0.6) is 0 Å². The number of rotatable bonds is 2. The largest absolute Gasteiger partial charge is 0.468 e. The van der Waals surface area contributed by atoms with Gasteiger partial charge in [-0.3, -0.25) is 4.79 Å². The number of epoxide rings is 2. The molecule has 6 heteroatoms. The van der Waals surface area contributed by atoms with Crippen molar-refractivity contribution in [2.75, 3.05) is 7.11 Å². The molecular weight excluding hydrogens is 327 g/mol. The van der Waals surface area contributed by atoms with Crippen LogP contribution in [0, 0.1) is 11.3 Å². The fourth-order valence-electron chi connectivity index (χ4n) is 4.94. The van der Waals surface area contributed by atoms with Gasteiger partial charge in [-0.05, 0) is 25.2 Å². The Morgan fingerprint density at radius 3 is 2.36 bits per heavy atom. The molecule has 0 bridgehead atoms. The molecule has 0 radical (unpaired) electrons. The molecule has 4 rings (SSSR count). The molecule has 0 amide bonds. The lowest BCUT2D eigenvalue weighted by atomic mass is 9.54.